The highest BCUT2D eigenvalue weighted by molar-refractivity contribution is 5.02. The zero-order valence-electron chi connectivity index (χ0n) is 37.3. The number of hydrogen-bond acceptors (Lipinski definition) is 3. The van der Waals surface area contributed by atoms with Gasteiger partial charge in [-0.25, -0.2) is 0 Å². The monoisotopic (exact) mass is 751 g/mol. The molecule has 0 aromatic rings. The number of hydrogen-bond donors (Lipinski definition) is 3. The summed E-state index contributed by atoms with van der Waals surface area (Å²) in [5.74, 6) is 0. The zero-order chi connectivity index (χ0) is 39.2. The molecule has 0 fully saturated rings. The van der Waals surface area contributed by atoms with Gasteiger partial charge in [-0.3, -0.25) is 0 Å². The predicted molar refractivity (Wildman–Crippen MR) is 239 cm³/mol. The fourth-order valence-electron chi connectivity index (χ4n) is 7.82. The van der Waals surface area contributed by atoms with Crippen LogP contribution >= 0.6 is 0 Å². The van der Waals surface area contributed by atoms with Crippen molar-refractivity contribution in [1.82, 2.24) is 0 Å². The first kappa shape index (κ1) is 54.7. The summed E-state index contributed by atoms with van der Waals surface area (Å²) in [7, 11) is 0. The van der Waals surface area contributed by atoms with Crippen LogP contribution in [0.4, 0.5) is 0 Å². The Balaban J connectivity index is 0. The SMILES string of the molecule is CCCCCCCCCCC(=CCCCO)CCCCCCCCCC.CCCCCCCCCCC(O)(CCCCO)CCCCCCCCCC. The van der Waals surface area contributed by atoms with Crippen molar-refractivity contribution in [3.63, 3.8) is 0 Å². The molecule has 0 radical (unpaired) electrons. The van der Waals surface area contributed by atoms with Crippen molar-refractivity contribution < 1.29 is 15.3 Å². The Morgan fingerprint density at radius 1 is 0.340 bits per heavy atom. The number of allylic oxidation sites excluding steroid dienone is 2. The maximum absolute atomic E-state index is 11.1. The summed E-state index contributed by atoms with van der Waals surface area (Å²) >= 11 is 0. The van der Waals surface area contributed by atoms with E-state index in [4.69, 9.17) is 10.2 Å². The van der Waals surface area contributed by atoms with Gasteiger partial charge in [-0.1, -0.05) is 232 Å². The van der Waals surface area contributed by atoms with Gasteiger partial charge in [0, 0.05) is 13.2 Å². The van der Waals surface area contributed by atoms with Gasteiger partial charge in [0.15, 0.2) is 0 Å². The minimum atomic E-state index is -0.473. The Labute approximate surface area is 335 Å². The Bertz CT molecular complexity index is 632. The lowest BCUT2D eigenvalue weighted by molar-refractivity contribution is 0.00631. The molecule has 0 heterocycles. The van der Waals surface area contributed by atoms with Gasteiger partial charge in [0.2, 0.25) is 0 Å². The smallest absolute Gasteiger partial charge is 0.0647 e. The molecule has 3 N–H and O–H groups in total. The zero-order valence-corrected chi connectivity index (χ0v) is 37.3. The van der Waals surface area contributed by atoms with Crippen LogP contribution in [-0.2, 0) is 0 Å². The quantitative estimate of drug-likeness (QED) is 0.0430. The lowest BCUT2D eigenvalue weighted by Gasteiger charge is -2.28. The second kappa shape index (κ2) is 47.8. The predicted octanol–water partition coefficient (Wildman–Crippen LogP) is 16.7. The second-order valence-electron chi connectivity index (χ2n) is 17.0. The van der Waals surface area contributed by atoms with Crippen LogP contribution in [0.5, 0.6) is 0 Å². The van der Waals surface area contributed by atoms with Gasteiger partial charge < -0.3 is 15.3 Å². The van der Waals surface area contributed by atoms with Crippen molar-refractivity contribution in [3.05, 3.63) is 11.6 Å². The van der Waals surface area contributed by atoms with Gasteiger partial charge in [0.25, 0.3) is 0 Å². The summed E-state index contributed by atoms with van der Waals surface area (Å²) < 4.78 is 0. The molecule has 0 spiro atoms. The first-order valence-electron chi connectivity index (χ1n) is 24.6. The molecule has 0 amide bonds. The summed E-state index contributed by atoms with van der Waals surface area (Å²) in [5, 5.41) is 29.2. The van der Waals surface area contributed by atoms with Crippen LogP contribution in [0.2, 0.25) is 0 Å². The third kappa shape index (κ3) is 45.9. The Morgan fingerprint density at radius 2 is 0.604 bits per heavy atom. The molecule has 0 aliphatic rings. The van der Waals surface area contributed by atoms with E-state index in [1.54, 1.807) is 5.57 Å². The molecule has 0 saturated heterocycles. The molecule has 53 heavy (non-hydrogen) atoms. The van der Waals surface area contributed by atoms with Crippen LogP contribution in [0, 0.1) is 0 Å². The minimum Gasteiger partial charge on any atom is -0.396 e. The molecule has 0 aromatic heterocycles. The third-order valence-electron chi connectivity index (χ3n) is 11.5. The van der Waals surface area contributed by atoms with Gasteiger partial charge in [0.05, 0.1) is 5.60 Å². The molecular weight excluding hydrogens is 649 g/mol. The van der Waals surface area contributed by atoms with E-state index in [0.29, 0.717) is 6.61 Å². The number of rotatable bonds is 43. The van der Waals surface area contributed by atoms with E-state index in [9.17, 15) is 5.11 Å². The topological polar surface area (TPSA) is 60.7 Å². The molecule has 0 aliphatic heterocycles. The van der Waals surface area contributed by atoms with Crippen molar-refractivity contribution in [2.45, 2.75) is 297 Å². The van der Waals surface area contributed by atoms with E-state index in [1.165, 1.54) is 218 Å². The number of unbranched alkanes of at least 4 members (excludes halogenated alkanes) is 30. The third-order valence-corrected chi connectivity index (χ3v) is 11.5. The minimum absolute atomic E-state index is 0.256. The largest absolute Gasteiger partial charge is 0.396 e. The first-order valence-corrected chi connectivity index (χ1v) is 24.6. The van der Waals surface area contributed by atoms with E-state index in [0.717, 1.165) is 44.9 Å². The molecular formula is C50H102O3. The highest BCUT2D eigenvalue weighted by Gasteiger charge is 2.25. The molecule has 0 atom stereocenters. The van der Waals surface area contributed by atoms with E-state index in [-0.39, 0.29) is 6.61 Å². The van der Waals surface area contributed by atoms with Crippen molar-refractivity contribution >= 4 is 0 Å². The summed E-state index contributed by atoms with van der Waals surface area (Å²) in [6.45, 7) is 9.70. The fourth-order valence-corrected chi connectivity index (χ4v) is 7.82. The normalized spacial score (nSPS) is 11.5. The molecule has 0 aliphatic carbocycles. The van der Waals surface area contributed by atoms with Crippen LogP contribution in [0.15, 0.2) is 11.6 Å². The molecule has 0 aromatic carbocycles. The number of aliphatic hydroxyl groups is 3. The van der Waals surface area contributed by atoms with Gasteiger partial charge in [0.1, 0.15) is 0 Å². The lowest BCUT2D eigenvalue weighted by Crippen LogP contribution is -2.28. The average molecular weight is 751 g/mol. The summed E-state index contributed by atoms with van der Waals surface area (Å²) in [5.41, 5.74) is 1.20. The van der Waals surface area contributed by atoms with E-state index >= 15 is 0 Å². The Hall–Kier alpha value is -0.380. The highest BCUT2D eigenvalue weighted by atomic mass is 16.3. The van der Waals surface area contributed by atoms with Gasteiger partial charge in [-0.2, -0.15) is 0 Å². The Morgan fingerprint density at radius 3 is 0.906 bits per heavy atom. The summed E-state index contributed by atoms with van der Waals surface area (Å²) in [6.07, 6.45) is 55.3. The van der Waals surface area contributed by atoms with Crippen molar-refractivity contribution in [2.24, 2.45) is 0 Å². The lowest BCUT2D eigenvalue weighted by atomic mass is 9.85. The maximum atomic E-state index is 11.1. The second-order valence-corrected chi connectivity index (χ2v) is 17.0. The summed E-state index contributed by atoms with van der Waals surface area (Å²) in [4.78, 5) is 0. The highest BCUT2D eigenvalue weighted by Crippen LogP contribution is 2.29. The standard InChI is InChI=1S/C25H52O2.C25H50O/c1-3-5-7-9-11-13-15-17-21-25(27,23-19-20-24-26)22-18-16-14-12-10-8-6-4-2;1-3-5-7-9-11-13-15-17-21-25(23-19-20-24-26)22-18-16-14-12-10-8-6-4-2/h26-27H,3-24H2,1-2H3;23,26H,3-22,24H2,1-2H3. The van der Waals surface area contributed by atoms with Gasteiger partial charge in [-0.05, 0) is 70.6 Å². The molecule has 0 bridgehead atoms. The van der Waals surface area contributed by atoms with Crippen molar-refractivity contribution in [3.8, 4) is 0 Å². The first-order chi connectivity index (χ1) is 26.0. The van der Waals surface area contributed by atoms with Crippen molar-refractivity contribution in [2.75, 3.05) is 13.2 Å². The number of aliphatic hydroxyl groups excluding tert-OH is 2. The molecule has 3 nitrogen and oxygen atoms in total. The van der Waals surface area contributed by atoms with Gasteiger partial charge >= 0.3 is 0 Å². The van der Waals surface area contributed by atoms with Crippen LogP contribution in [0.3, 0.4) is 0 Å². The van der Waals surface area contributed by atoms with Crippen LogP contribution in [-0.4, -0.2) is 34.1 Å². The summed E-state index contributed by atoms with van der Waals surface area (Å²) in [6, 6.07) is 0. The van der Waals surface area contributed by atoms with E-state index in [2.05, 4.69) is 33.8 Å². The molecule has 0 unspecified atom stereocenters. The molecule has 320 valence electrons. The van der Waals surface area contributed by atoms with Crippen LogP contribution in [0.1, 0.15) is 291 Å². The van der Waals surface area contributed by atoms with Crippen LogP contribution in [0.25, 0.3) is 0 Å². The van der Waals surface area contributed by atoms with E-state index < -0.39 is 5.60 Å². The Kier molecular flexibility index (Phi) is 49.3. The maximum Gasteiger partial charge on any atom is 0.0647 e. The average Bonchev–Trinajstić information content (AvgIpc) is 3.16. The van der Waals surface area contributed by atoms with Gasteiger partial charge in [-0.15, -0.1) is 0 Å². The van der Waals surface area contributed by atoms with Crippen LogP contribution < -0.4 is 0 Å². The fraction of sp³-hybridized carbons (Fsp3) is 0.960. The molecule has 0 rings (SSSR count). The van der Waals surface area contributed by atoms with Crippen molar-refractivity contribution in [1.29, 1.82) is 0 Å². The molecule has 3 heteroatoms. The van der Waals surface area contributed by atoms with E-state index in [1.807, 2.05) is 0 Å². The molecule has 0 saturated carbocycles.